The zero-order chi connectivity index (χ0) is 19.7. The number of amidine groups is 1. The highest BCUT2D eigenvalue weighted by atomic mass is 79.9. The normalized spacial score (nSPS) is 35.7. The van der Waals surface area contributed by atoms with Crippen molar-refractivity contribution in [2.75, 3.05) is 20.2 Å². The Morgan fingerprint density at radius 3 is 2.79 bits per heavy atom. The zero-order valence-electron chi connectivity index (χ0n) is 15.6. The van der Waals surface area contributed by atoms with E-state index in [1.54, 1.807) is 12.0 Å². The van der Waals surface area contributed by atoms with Crippen LogP contribution in [0, 0.1) is 5.41 Å². The summed E-state index contributed by atoms with van der Waals surface area (Å²) >= 11 is 9.15. The van der Waals surface area contributed by atoms with E-state index < -0.39 is 24.6 Å². The number of thiocarbonyl (C=S) groups is 1. The van der Waals surface area contributed by atoms with E-state index in [2.05, 4.69) is 38.4 Å². The second-order valence-corrected chi connectivity index (χ2v) is 9.76. The number of nitrogens with one attached hydrogen (secondary N) is 1. The lowest BCUT2D eigenvalue weighted by molar-refractivity contribution is -0.00836. The molecule has 1 aromatic rings. The van der Waals surface area contributed by atoms with E-state index in [1.807, 2.05) is 6.07 Å². The first kappa shape index (κ1) is 18.9. The predicted octanol–water partition coefficient (Wildman–Crippen LogP) is 4.01. The summed E-state index contributed by atoms with van der Waals surface area (Å²) in [6, 6.07) is 6.30. The average Bonchev–Trinajstić information content (AvgIpc) is 3.09. The Bertz CT molecular complexity index is 884. The molecule has 2 spiro atoms. The van der Waals surface area contributed by atoms with Crippen LogP contribution in [-0.2, 0) is 16.7 Å². The first-order valence-electron chi connectivity index (χ1n) is 9.64. The van der Waals surface area contributed by atoms with Gasteiger partial charge in [-0.15, -0.1) is 0 Å². The maximum absolute atomic E-state index is 14.1. The van der Waals surface area contributed by atoms with E-state index >= 15 is 0 Å². The number of benzene rings is 1. The van der Waals surface area contributed by atoms with Gasteiger partial charge >= 0.3 is 0 Å². The highest BCUT2D eigenvalue weighted by Crippen LogP contribution is 2.61. The largest absolute Gasteiger partial charge is 0.381 e. The second-order valence-electron chi connectivity index (χ2n) is 8.46. The van der Waals surface area contributed by atoms with Gasteiger partial charge in [-0.05, 0) is 67.6 Å². The third kappa shape index (κ3) is 2.46. The summed E-state index contributed by atoms with van der Waals surface area (Å²) < 4.78 is 34.8. The van der Waals surface area contributed by atoms with Gasteiger partial charge in [0.1, 0.15) is 17.9 Å². The van der Waals surface area contributed by atoms with Crippen molar-refractivity contribution in [1.82, 2.24) is 10.2 Å². The minimum atomic E-state index is -2.86. The van der Waals surface area contributed by atoms with Crippen LogP contribution in [-0.4, -0.2) is 48.1 Å². The fourth-order valence-corrected chi connectivity index (χ4v) is 6.39. The van der Waals surface area contributed by atoms with Crippen molar-refractivity contribution < 1.29 is 13.5 Å². The van der Waals surface area contributed by atoms with Crippen LogP contribution in [0.15, 0.2) is 27.7 Å². The second kappa shape index (κ2) is 6.19. The molecule has 4 nitrogen and oxygen atoms in total. The topological polar surface area (TPSA) is 36.9 Å². The maximum Gasteiger partial charge on any atom is 0.284 e. The lowest BCUT2D eigenvalue weighted by Crippen LogP contribution is -2.58. The first-order valence-corrected chi connectivity index (χ1v) is 10.8. The van der Waals surface area contributed by atoms with Gasteiger partial charge in [0.25, 0.3) is 5.92 Å². The molecule has 8 heteroatoms. The number of fused-ring (bicyclic) bond motifs is 5. The molecule has 1 unspecified atom stereocenters. The van der Waals surface area contributed by atoms with Crippen LogP contribution in [0.25, 0.3) is 0 Å². The Kier molecular flexibility index (Phi) is 4.17. The molecule has 2 fully saturated rings. The number of nitrogens with zero attached hydrogens (tertiary/aromatic N) is 2. The molecule has 4 aliphatic rings. The molecule has 1 aromatic carbocycles. The highest BCUT2D eigenvalue weighted by Gasteiger charge is 2.67. The number of rotatable bonds is 1. The Morgan fingerprint density at radius 2 is 2.07 bits per heavy atom. The van der Waals surface area contributed by atoms with Gasteiger partial charge in [-0.3, -0.25) is 9.89 Å². The molecule has 2 aliphatic carbocycles. The highest BCUT2D eigenvalue weighted by molar-refractivity contribution is 9.10. The molecule has 2 heterocycles. The molecule has 28 heavy (non-hydrogen) atoms. The number of ether oxygens (including phenoxy) is 1. The number of halogens is 3. The van der Waals surface area contributed by atoms with Crippen molar-refractivity contribution in [2.45, 2.75) is 49.7 Å². The minimum Gasteiger partial charge on any atom is -0.381 e. The summed E-state index contributed by atoms with van der Waals surface area (Å²) in [7, 11) is 1.76. The zero-order valence-corrected chi connectivity index (χ0v) is 18.0. The smallest absolute Gasteiger partial charge is 0.284 e. The standard InChI is InChI=1S/C20H22BrF2N3OS/c1-27-14-4-6-18(7-5-14)9-12-2-3-13(21)8-15(12)20(18)16-24-10-19(22,23)11-26(16)17(28)25-20/h2-3,8,14H,4-7,9-11H2,1H3,(H,25,28). The van der Waals surface area contributed by atoms with Crippen molar-refractivity contribution >= 4 is 39.1 Å². The van der Waals surface area contributed by atoms with E-state index in [0.29, 0.717) is 10.9 Å². The number of methoxy groups -OCH3 is 1. The average molecular weight is 470 g/mol. The SMILES string of the molecule is COC1CCC2(CC1)Cc1ccc(Br)cc1C21NC(=S)N2CC(F)(F)CN=C21. The molecule has 0 bridgehead atoms. The summed E-state index contributed by atoms with van der Waals surface area (Å²) in [5.41, 5.74) is 1.58. The van der Waals surface area contributed by atoms with Crippen molar-refractivity contribution in [3.05, 3.63) is 33.8 Å². The fourth-order valence-electron chi connectivity index (χ4n) is 5.73. The molecule has 0 radical (unpaired) electrons. The van der Waals surface area contributed by atoms with Gasteiger partial charge in [0.15, 0.2) is 5.11 Å². The van der Waals surface area contributed by atoms with E-state index in [-0.39, 0.29) is 11.5 Å². The van der Waals surface area contributed by atoms with Gasteiger partial charge in [-0.25, -0.2) is 8.78 Å². The van der Waals surface area contributed by atoms with Crippen LogP contribution in [0.3, 0.4) is 0 Å². The molecule has 1 saturated heterocycles. The van der Waals surface area contributed by atoms with Gasteiger partial charge in [0, 0.05) is 17.0 Å². The first-order chi connectivity index (χ1) is 13.3. The third-order valence-electron chi connectivity index (χ3n) is 7.00. The molecule has 1 atom stereocenters. The Hall–Kier alpha value is -1.12. The number of aliphatic imine (C=N–C) groups is 1. The van der Waals surface area contributed by atoms with Crippen molar-refractivity contribution in [1.29, 1.82) is 0 Å². The monoisotopic (exact) mass is 469 g/mol. The summed E-state index contributed by atoms with van der Waals surface area (Å²) in [5.74, 6) is -2.18. The van der Waals surface area contributed by atoms with E-state index in [0.717, 1.165) is 42.1 Å². The summed E-state index contributed by atoms with van der Waals surface area (Å²) in [6.45, 7) is -0.884. The summed E-state index contributed by atoms with van der Waals surface area (Å²) in [6.07, 6.45) is 4.93. The quantitative estimate of drug-likeness (QED) is 0.630. The maximum atomic E-state index is 14.1. The van der Waals surface area contributed by atoms with Crippen molar-refractivity contribution in [2.24, 2.45) is 10.4 Å². The lowest BCUT2D eigenvalue weighted by atomic mass is 9.61. The predicted molar refractivity (Wildman–Crippen MR) is 111 cm³/mol. The van der Waals surface area contributed by atoms with Gasteiger partial charge in [-0.2, -0.15) is 0 Å². The Balaban J connectivity index is 1.69. The molecular weight excluding hydrogens is 448 g/mol. The van der Waals surface area contributed by atoms with Crippen LogP contribution >= 0.6 is 28.1 Å². The molecular formula is C20H22BrF2N3OS. The molecule has 150 valence electrons. The van der Waals surface area contributed by atoms with E-state index in [1.165, 1.54) is 5.56 Å². The molecule has 2 aliphatic heterocycles. The van der Waals surface area contributed by atoms with Crippen LogP contribution < -0.4 is 5.32 Å². The van der Waals surface area contributed by atoms with Crippen molar-refractivity contribution in [3.8, 4) is 0 Å². The van der Waals surface area contributed by atoms with E-state index in [9.17, 15) is 8.78 Å². The number of alkyl halides is 2. The summed E-state index contributed by atoms with van der Waals surface area (Å²) in [4.78, 5) is 5.98. The van der Waals surface area contributed by atoms with E-state index in [4.69, 9.17) is 17.0 Å². The summed E-state index contributed by atoms with van der Waals surface area (Å²) in [5, 5.41) is 3.88. The van der Waals surface area contributed by atoms with Gasteiger partial charge in [-0.1, -0.05) is 22.0 Å². The molecule has 5 rings (SSSR count). The molecule has 1 N–H and O–H groups in total. The number of hydrogen-bond acceptors (Lipinski definition) is 3. The Labute approximate surface area is 176 Å². The van der Waals surface area contributed by atoms with Crippen LogP contribution in [0.2, 0.25) is 0 Å². The van der Waals surface area contributed by atoms with Crippen molar-refractivity contribution in [3.63, 3.8) is 0 Å². The molecule has 1 saturated carbocycles. The Morgan fingerprint density at radius 1 is 1.32 bits per heavy atom. The van der Waals surface area contributed by atoms with Crippen LogP contribution in [0.1, 0.15) is 36.8 Å². The molecule has 0 amide bonds. The van der Waals surface area contributed by atoms with Gasteiger partial charge in [0.2, 0.25) is 0 Å². The van der Waals surface area contributed by atoms with Gasteiger partial charge < -0.3 is 10.1 Å². The van der Waals surface area contributed by atoms with Crippen LogP contribution in [0.4, 0.5) is 8.78 Å². The third-order valence-corrected chi connectivity index (χ3v) is 7.82. The molecule has 0 aromatic heterocycles. The minimum absolute atomic E-state index is 0.143. The van der Waals surface area contributed by atoms with Crippen LogP contribution in [0.5, 0.6) is 0 Å². The number of hydrogen-bond donors (Lipinski definition) is 1. The van der Waals surface area contributed by atoms with Gasteiger partial charge in [0.05, 0.1) is 12.6 Å². The fraction of sp³-hybridized carbons (Fsp3) is 0.600. The lowest BCUT2D eigenvalue weighted by Gasteiger charge is -2.48.